The molecule has 0 spiro atoms. The topological polar surface area (TPSA) is 60.2 Å². The highest BCUT2D eigenvalue weighted by Crippen LogP contribution is 2.17. The maximum absolute atomic E-state index is 11.9. The van der Waals surface area contributed by atoms with Crippen molar-refractivity contribution in [3.63, 3.8) is 0 Å². The van der Waals surface area contributed by atoms with Crippen molar-refractivity contribution in [2.45, 2.75) is 33.7 Å². The summed E-state index contributed by atoms with van der Waals surface area (Å²) in [5.74, 6) is 0.362. The Kier molecular flexibility index (Phi) is 4.93. The molecule has 1 rings (SSSR count). The lowest BCUT2D eigenvalue weighted by molar-refractivity contribution is 0.575. The monoisotopic (exact) mass is 269 g/mol. The fourth-order valence-electron chi connectivity index (χ4n) is 2.17. The molecule has 0 aliphatic heterocycles. The molecule has 0 saturated carbocycles. The summed E-state index contributed by atoms with van der Waals surface area (Å²) in [4.78, 5) is 0. The molecular weight excluding hydrogens is 246 g/mol. The van der Waals surface area contributed by atoms with E-state index >= 15 is 0 Å². The fourth-order valence-corrected chi connectivity index (χ4v) is 4.06. The molecule has 1 aromatic carbocycles. The van der Waals surface area contributed by atoms with Crippen LogP contribution < -0.4 is 5.73 Å². The second kappa shape index (κ2) is 5.85. The molecule has 0 heterocycles. The van der Waals surface area contributed by atoms with Gasteiger partial charge in [0.2, 0.25) is 0 Å². The van der Waals surface area contributed by atoms with Gasteiger partial charge in [-0.15, -0.1) is 0 Å². The Morgan fingerprint density at radius 3 is 2.00 bits per heavy atom. The predicted octanol–water partition coefficient (Wildman–Crippen LogP) is 2.37. The van der Waals surface area contributed by atoms with Gasteiger partial charge in [-0.05, 0) is 25.3 Å². The average Bonchev–Trinajstić information content (AvgIpc) is 2.12. The zero-order valence-electron chi connectivity index (χ0n) is 11.6. The third-order valence-electron chi connectivity index (χ3n) is 2.69. The van der Waals surface area contributed by atoms with Crippen LogP contribution in [0.5, 0.6) is 0 Å². The van der Waals surface area contributed by atoms with Gasteiger partial charge < -0.3 is 5.73 Å². The molecule has 1 unspecified atom stereocenters. The first-order valence-electron chi connectivity index (χ1n) is 6.24. The maximum atomic E-state index is 11.9. The molecule has 0 aliphatic rings. The third-order valence-corrected chi connectivity index (χ3v) is 4.73. The van der Waals surface area contributed by atoms with E-state index in [1.807, 2.05) is 39.8 Å². The van der Waals surface area contributed by atoms with E-state index in [-0.39, 0.29) is 17.4 Å². The van der Waals surface area contributed by atoms with Crippen LogP contribution in [0.3, 0.4) is 0 Å². The first kappa shape index (κ1) is 15.2. The highest BCUT2D eigenvalue weighted by Gasteiger charge is 2.19. The van der Waals surface area contributed by atoms with E-state index in [0.29, 0.717) is 0 Å². The summed E-state index contributed by atoms with van der Waals surface area (Å²) in [5.41, 5.74) is 9.14. The smallest absolute Gasteiger partial charge is 0.152 e. The lowest BCUT2D eigenvalue weighted by Crippen LogP contribution is -2.25. The first-order chi connectivity index (χ1) is 8.19. The van der Waals surface area contributed by atoms with Crippen molar-refractivity contribution in [1.82, 2.24) is 0 Å². The largest absolute Gasteiger partial charge is 0.323 e. The Balaban J connectivity index is 2.85. The molecule has 0 fully saturated rings. The summed E-state index contributed by atoms with van der Waals surface area (Å²) in [7, 11) is -3.08. The van der Waals surface area contributed by atoms with Crippen molar-refractivity contribution in [3.8, 4) is 0 Å². The molecule has 4 heteroatoms. The Labute approximate surface area is 110 Å². The molecular formula is C14H23NO2S. The van der Waals surface area contributed by atoms with E-state index in [1.165, 1.54) is 0 Å². The van der Waals surface area contributed by atoms with Gasteiger partial charge in [0.1, 0.15) is 0 Å². The highest BCUT2D eigenvalue weighted by molar-refractivity contribution is 7.91. The molecule has 102 valence electrons. The van der Waals surface area contributed by atoms with Gasteiger partial charge in [0.15, 0.2) is 9.84 Å². The maximum Gasteiger partial charge on any atom is 0.152 e. The normalized spacial score (nSPS) is 13.9. The van der Waals surface area contributed by atoms with Gasteiger partial charge in [-0.25, -0.2) is 8.42 Å². The molecule has 0 bridgehead atoms. The standard InChI is InChI=1S/C14H23NO2S/c1-10(2)8-18(16,17)9-14(15)13-6-11(3)5-12(4)7-13/h5-7,10,14H,8-9,15H2,1-4H3. The van der Waals surface area contributed by atoms with Crippen LogP contribution in [0.2, 0.25) is 0 Å². The van der Waals surface area contributed by atoms with Gasteiger partial charge in [0.05, 0.1) is 11.5 Å². The van der Waals surface area contributed by atoms with E-state index in [2.05, 4.69) is 6.07 Å². The van der Waals surface area contributed by atoms with E-state index in [9.17, 15) is 8.42 Å². The molecule has 3 nitrogen and oxygen atoms in total. The summed E-state index contributed by atoms with van der Waals surface area (Å²) < 4.78 is 23.8. The molecule has 1 aromatic rings. The Morgan fingerprint density at radius 2 is 1.56 bits per heavy atom. The zero-order valence-corrected chi connectivity index (χ0v) is 12.4. The molecule has 1 atom stereocenters. The Bertz CT molecular complexity index is 486. The van der Waals surface area contributed by atoms with Crippen molar-refractivity contribution in [2.75, 3.05) is 11.5 Å². The number of hydrogen-bond acceptors (Lipinski definition) is 3. The molecule has 2 N–H and O–H groups in total. The van der Waals surface area contributed by atoms with E-state index in [4.69, 9.17) is 5.73 Å². The van der Waals surface area contributed by atoms with E-state index in [1.54, 1.807) is 0 Å². The first-order valence-corrected chi connectivity index (χ1v) is 8.06. The minimum Gasteiger partial charge on any atom is -0.323 e. The SMILES string of the molecule is Cc1cc(C)cc(C(N)CS(=O)(=O)CC(C)C)c1. The second-order valence-electron chi connectivity index (χ2n) is 5.50. The van der Waals surface area contributed by atoms with Crippen LogP contribution in [0, 0.1) is 19.8 Å². The third kappa shape index (κ3) is 4.78. The summed E-state index contributed by atoms with van der Waals surface area (Å²) in [5, 5.41) is 0. The van der Waals surface area contributed by atoms with E-state index < -0.39 is 15.9 Å². The summed E-state index contributed by atoms with van der Waals surface area (Å²) in [6.07, 6.45) is 0. The molecule has 18 heavy (non-hydrogen) atoms. The quantitative estimate of drug-likeness (QED) is 0.892. The average molecular weight is 269 g/mol. The van der Waals surface area contributed by atoms with Gasteiger partial charge >= 0.3 is 0 Å². The number of sulfone groups is 1. The summed E-state index contributed by atoms with van der Waals surface area (Å²) in [6, 6.07) is 5.54. The Morgan fingerprint density at radius 1 is 1.06 bits per heavy atom. The number of rotatable bonds is 5. The van der Waals surface area contributed by atoms with E-state index in [0.717, 1.165) is 16.7 Å². The predicted molar refractivity (Wildman–Crippen MR) is 76.3 cm³/mol. The van der Waals surface area contributed by atoms with Gasteiger partial charge in [-0.3, -0.25) is 0 Å². The number of aryl methyl sites for hydroxylation is 2. The number of hydrogen-bond donors (Lipinski definition) is 1. The second-order valence-corrected chi connectivity index (χ2v) is 7.65. The summed E-state index contributed by atoms with van der Waals surface area (Å²) in [6.45, 7) is 7.79. The van der Waals surface area contributed by atoms with Gasteiger partial charge in [0, 0.05) is 6.04 Å². The minimum atomic E-state index is -3.08. The van der Waals surface area contributed by atoms with Crippen LogP contribution in [-0.2, 0) is 9.84 Å². The fraction of sp³-hybridized carbons (Fsp3) is 0.571. The van der Waals surface area contributed by atoms with Gasteiger partial charge in [-0.1, -0.05) is 43.2 Å². The molecule has 0 aliphatic carbocycles. The van der Waals surface area contributed by atoms with Crippen molar-refractivity contribution in [3.05, 3.63) is 34.9 Å². The van der Waals surface area contributed by atoms with Crippen LogP contribution in [-0.4, -0.2) is 19.9 Å². The van der Waals surface area contributed by atoms with Crippen molar-refractivity contribution >= 4 is 9.84 Å². The van der Waals surface area contributed by atoms with Crippen molar-refractivity contribution < 1.29 is 8.42 Å². The van der Waals surface area contributed by atoms with Crippen LogP contribution in [0.15, 0.2) is 18.2 Å². The van der Waals surface area contributed by atoms with Crippen LogP contribution in [0.1, 0.15) is 36.6 Å². The molecule has 0 radical (unpaired) electrons. The zero-order chi connectivity index (χ0) is 13.9. The van der Waals surface area contributed by atoms with Crippen LogP contribution in [0.4, 0.5) is 0 Å². The summed E-state index contributed by atoms with van der Waals surface area (Å²) >= 11 is 0. The van der Waals surface area contributed by atoms with Gasteiger partial charge in [0.25, 0.3) is 0 Å². The van der Waals surface area contributed by atoms with Crippen molar-refractivity contribution in [1.29, 1.82) is 0 Å². The molecule has 0 saturated heterocycles. The van der Waals surface area contributed by atoms with Crippen LogP contribution in [0.25, 0.3) is 0 Å². The lowest BCUT2D eigenvalue weighted by Gasteiger charge is -2.15. The highest BCUT2D eigenvalue weighted by atomic mass is 32.2. The number of nitrogens with two attached hydrogens (primary N) is 1. The lowest BCUT2D eigenvalue weighted by atomic mass is 10.0. The van der Waals surface area contributed by atoms with Gasteiger partial charge in [-0.2, -0.15) is 0 Å². The Hall–Kier alpha value is -0.870. The minimum absolute atomic E-state index is 0.0219. The van der Waals surface area contributed by atoms with Crippen LogP contribution >= 0.6 is 0 Å². The molecule has 0 aromatic heterocycles. The number of benzene rings is 1. The van der Waals surface area contributed by atoms with Crippen molar-refractivity contribution in [2.24, 2.45) is 11.7 Å². The molecule has 0 amide bonds.